The minimum absolute atomic E-state index is 0. The Kier molecular flexibility index (Phi) is 4.39. The summed E-state index contributed by atoms with van der Waals surface area (Å²) in [4.78, 5) is 0. The third-order valence-electron chi connectivity index (χ3n) is 2.63. The first-order valence-electron chi connectivity index (χ1n) is 4.93. The quantitative estimate of drug-likeness (QED) is 0.805. The average molecular weight is 230 g/mol. The summed E-state index contributed by atoms with van der Waals surface area (Å²) in [5.74, 6) is 0.797. The van der Waals surface area contributed by atoms with E-state index in [0.29, 0.717) is 0 Å². The summed E-state index contributed by atoms with van der Waals surface area (Å²) in [5.41, 5.74) is 5.69. The van der Waals surface area contributed by atoms with E-state index in [1.807, 2.05) is 30.3 Å². The Balaban J connectivity index is 0.00000112. The Labute approximate surface area is 95.7 Å². The SMILES string of the molecule is Cl.NC1CCC(Oc2ccccc2)C1O. The second-order valence-electron chi connectivity index (χ2n) is 3.70. The standard InChI is InChI=1S/C11H15NO2.ClH/c12-9-6-7-10(11(9)13)14-8-4-2-1-3-5-8;/h1-5,9-11,13H,6-7,12H2;1H. The third-order valence-corrected chi connectivity index (χ3v) is 2.63. The molecule has 0 heterocycles. The predicted octanol–water partition coefficient (Wildman–Crippen LogP) is 1.34. The zero-order valence-electron chi connectivity index (χ0n) is 8.37. The Bertz CT molecular complexity index is 294. The molecule has 15 heavy (non-hydrogen) atoms. The smallest absolute Gasteiger partial charge is 0.126 e. The molecular formula is C11H16ClNO2. The van der Waals surface area contributed by atoms with E-state index in [4.69, 9.17) is 10.5 Å². The van der Waals surface area contributed by atoms with Gasteiger partial charge in [0.1, 0.15) is 18.0 Å². The molecule has 0 bridgehead atoms. The molecule has 1 aromatic carbocycles. The largest absolute Gasteiger partial charge is 0.488 e. The van der Waals surface area contributed by atoms with Gasteiger partial charge in [-0.05, 0) is 25.0 Å². The molecule has 1 aliphatic carbocycles. The zero-order chi connectivity index (χ0) is 9.97. The van der Waals surface area contributed by atoms with E-state index in [0.717, 1.165) is 18.6 Å². The maximum atomic E-state index is 9.67. The number of hydrogen-bond acceptors (Lipinski definition) is 3. The number of para-hydroxylation sites is 1. The van der Waals surface area contributed by atoms with Gasteiger partial charge >= 0.3 is 0 Å². The molecule has 2 rings (SSSR count). The Morgan fingerprint density at radius 1 is 1.20 bits per heavy atom. The maximum absolute atomic E-state index is 9.67. The van der Waals surface area contributed by atoms with Gasteiger partial charge in [0, 0.05) is 6.04 Å². The first-order valence-corrected chi connectivity index (χ1v) is 4.93. The van der Waals surface area contributed by atoms with Gasteiger partial charge in [-0.2, -0.15) is 0 Å². The van der Waals surface area contributed by atoms with E-state index in [2.05, 4.69) is 0 Å². The number of ether oxygens (including phenoxy) is 1. The lowest BCUT2D eigenvalue weighted by Gasteiger charge is -2.18. The number of aliphatic hydroxyl groups is 1. The van der Waals surface area contributed by atoms with Gasteiger partial charge in [-0.25, -0.2) is 0 Å². The van der Waals surface area contributed by atoms with Gasteiger partial charge in [0.15, 0.2) is 0 Å². The van der Waals surface area contributed by atoms with Crippen LogP contribution in [0.3, 0.4) is 0 Å². The van der Waals surface area contributed by atoms with Crippen LogP contribution in [0.2, 0.25) is 0 Å². The van der Waals surface area contributed by atoms with Crippen LogP contribution in [0.25, 0.3) is 0 Å². The molecule has 0 aromatic heterocycles. The molecule has 3 nitrogen and oxygen atoms in total. The van der Waals surface area contributed by atoms with Crippen molar-refractivity contribution >= 4 is 12.4 Å². The van der Waals surface area contributed by atoms with Crippen molar-refractivity contribution < 1.29 is 9.84 Å². The monoisotopic (exact) mass is 229 g/mol. The molecular weight excluding hydrogens is 214 g/mol. The summed E-state index contributed by atoms with van der Waals surface area (Å²) in [5, 5.41) is 9.67. The first kappa shape index (κ1) is 12.3. The van der Waals surface area contributed by atoms with Crippen LogP contribution < -0.4 is 10.5 Å². The summed E-state index contributed by atoms with van der Waals surface area (Å²) >= 11 is 0. The van der Waals surface area contributed by atoms with Crippen LogP contribution in [0.1, 0.15) is 12.8 Å². The minimum atomic E-state index is -0.532. The van der Waals surface area contributed by atoms with Gasteiger partial charge < -0.3 is 15.6 Å². The fourth-order valence-electron chi connectivity index (χ4n) is 1.78. The van der Waals surface area contributed by atoms with Gasteiger partial charge in [0.25, 0.3) is 0 Å². The number of aliphatic hydroxyl groups excluding tert-OH is 1. The van der Waals surface area contributed by atoms with Crippen molar-refractivity contribution in [2.75, 3.05) is 0 Å². The number of nitrogens with two attached hydrogens (primary N) is 1. The van der Waals surface area contributed by atoms with E-state index >= 15 is 0 Å². The van der Waals surface area contributed by atoms with Crippen molar-refractivity contribution in [1.82, 2.24) is 0 Å². The van der Waals surface area contributed by atoms with Gasteiger partial charge in [-0.3, -0.25) is 0 Å². The van der Waals surface area contributed by atoms with Gasteiger partial charge in [0.2, 0.25) is 0 Å². The van der Waals surface area contributed by atoms with Gasteiger partial charge in [-0.1, -0.05) is 18.2 Å². The summed E-state index contributed by atoms with van der Waals surface area (Å²) < 4.78 is 5.63. The molecule has 1 saturated carbocycles. The molecule has 0 spiro atoms. The molecule has 1 aliphatic rings. The number of rotatable bonds is 2. The van der Waals surface area contributed by atoms with Crippen molar-refractivity contribution in [3.05, 3.63) is 30.3 Å². The van der Waals surface area contributed by atoms with Crippen molar-refractivity contribution in [2.24, 2.45) is 5.73 Å². The van der Waals surface area contributed by atoms with E-state index in [1.54, 1.807) is 0 Å². The molecule has 0 amide bonds. The lowest BCUT2D eigenvalue weighted by molar-refractivity contribution is 0.0521. The highest BCUT2D eigenvalue weighted by atomic mass is 35.5. The van der Waals surface area contributed by atoms with Crippen LogP contribution in [0.4, 0.5) is 0 Å². The Hall–Kier alpha value is -0.770. The van der Waals surface area contributed by atoms with Crippen LogP contribution >= 0.6 is 12.4 Å². The Morgan fingerprint density at radius 2 is 1.87 bits per heavy atom. The molecule has 3 N–H and O–H groups in total. The second kappa shape index (κ2) is 5.35. The Morgan fingerprint density at radius 3 is 2.40 bits per heavy atom. The van der Waals surface area contributed by atoms with Crippen LogP contribution in [-0.2, 0) is 0 Å². The summed E-state index contributed by atoms with van der Waals surface area (Å²) in [6.45, 7) is 0. The molecule has 3 unspecified atom stereocenters. The van der Waals surface area contributed by atoms with Crippen molar-refractivity contribution in [3.63, 3.8) is 0 Å². The van der Waals surface area contributed by atoms with Crippen molar-refractivity contribution in [3.8, 4) is 5.75 Å². The van der Waals surface area contributed by atoms with Crippen molar-refractivity contribution in [1.29, 1.82) is 0 Å². The molecule has 0 saturated heterocycles. The molecule has 1 fully saturated rings. The molecule has 1 aromatic rings. The van der Waals surface area contributed by atoms with Crippen LogP contribution in [-0.4, -0.2) is 23.4 Å². The molecule has 0 radical (unpaired) electrons. The topological polar surface area (TPSA) is 55.5 Å². The second-order valence-corrected chi connectivity index (χ2v) is 3.70. The molecule has 0 aliphatic heterocycles. The van der Waals surface area contributed by atoms with E-state index in [1.165, 1.54) is 0 Å². The van der Waals surface area contributed by atoms with Crippen LogP contribution in [0.15, 0.2) is 30.3 Å². The number of halogens is 1. The van der Waals surface area contributed by atoms with Crippen molar-refractivity contribution in [2.45, 2.75) is 31.1 Å². The fourth-order valence-corrected chi connectivity index (χ4v) is 1.78. The van der Waals surface area contributed by atoms with E-state index < -0.39 is 6.10 Å². The lowest BCUT2D eigenvalue weighted by Crippen LogP contribution is -2.37. The molecule has 3 atom stereocenters. The number of hydrogen-bond donors (Lipinski definition) is 2. The highest BCUT2D eigenvalue weighted by Crippen LogP contribution is 2.23. The predicted molar refractivity (Wildman–Crippen MR) is 61.3 cm³/mol. The molecule has 4 heteroatoms. The van der Waals surface area contributed by atoms with Gasteiger partial charge in [0.05, 0.1) is 0 Å². The van der Waals surface area contributed by atoms with Crippen LogP contribution in [0.5, 0.6) is 5.75 Å². The average Bonchev–Trinajstić information content (AvgIpc) is 2.52. The fraction of sp³-hybridized carbons (Fsp3) is 0.455. The number of benzene rings is 1. The van der Waals surface area contributed by atoms with E-state index in [-0.39, 0.29) is 24.6 Å². The normalized spacial score (nSPS) is 29.6. The van der Waals surface area contributed by atoms with E-state index in [9.17, 15) is 5.11 Å². The summed E-state index contributed by atoms with van der Waals surface area (Å²) in [6, 6.07) is 9.40. The third kappa shape index (κ3) is 2.84. The highest BCUT2D eigenvalue weighted by Gasteiger charge is 2.33. The van der Waals surface area contributed by atoms with Crippen LogP contribution in [0, 0.1) is 0 Å². The van der Waals surface area contributed by atoms with Gasteiger partial charge in [-0.15, -0.1) is 12.4 Å². The minimum Gasteiger partial charge on any atom is -0.488 e. The maximum Gasteiger partial charge on any atom is 0.126 e. The summed E-state index contributed by atoms with van der Waals surface area (Å²) in [7, 11) is 0. The zero-order valence-corrected chi connectivity index (χ0v) is 9.19. The highest BCUT2D eigenvalue weighted by molar-refractivity contribution is 5.85. The lowest BCUT2D eigenvalue weighted by atomic mass is 10.2. The first-order chi connectivity index (χ1) is 6.77. The summed E-state index contributed by atoms with van der Waals surface area (Å²) in [6.07, 6.45) is 0.984. The molecule has 84 valence electrons.